The Morgan fingerprint density at radius 1 is 1.45 bits per heavy atom. The van der Waals surface area contributed by atoms with Crippen LogP contribution in [0.25, 0.3) is 0 Å². The zero-order chi connectivity index (χ0) is 8.69. The molecule has 1 fully saturated rings. The quantitative estimate of drug-likeness (QED) is 0.678. The molecule has 1 saturated heterocycles. The molecule has 4 heteroatoms. The molecule has 0 bridgehead atoms. The fraction of sp³-hybridized carbons (Fsp3) is 1.00. The van der Waals surface area contributed by atoms with Gasteiger partial charge >= 0.3 is 6.61 Å². The van der Waals surface area contributed by atoms with E-state index >= 15 is 0 Å². The summed E-state index contributed by atoms with van der Waals surface area (Å²) in [6.45, 7) is 2.15. The van der Waals surface area contributed by atoms with Crippen molar-refractivity contribution in [2.24, 2.45) is 0 Å². The minimum Gasteiger partial charge on any atom is -0.304 e. The molecule has 0 aromatic heterocycles. The van der Waals surface area contributed by atoms with E-state index in [-0.39, 0.29) is 0 Å². The normalized spacial score (nSPS) is 23.2. The van der Waals surface area contributed by atoms with Gasteiger partial charge in [0.1, 0.15) is 6.23 Å². The standard InChI is InChI=1S/C5H9F2NO.C2H6/c6-5(7)9-4-2-1-3-8-4;1-2/h4-5,8H,1-3H2;1-2H3/t4-;/m0./s1. The van der Waals surface area contributed by atoms with E-state index in [1.165, 1.54) is 0 Å². The molecule has 0 unspecified atom stereocenters. The Morgan fingerprint density at radius 3 is 2.45 bits per heavy atom. The van der Waals surface area contributed by atoms with Crippen LogP contribution in [0, 0.1) is 0 Å². The van der Waals surface area contributed by atoms with Crippen molar-refractivity contribution in [3.8, 4) is 0 Å². The third-order valence-corrected chi connectivity index (χ3v) is 1.28. The molecule has 0 spiro atoms. The van der Waals surface area contributed by atoms with Gasteiger partial charge < -0.3 is 4.74 Å². The van der Waals surface area contributed by atoms with Crippen LogP contribution in [0.3, 0.4) is 0 Å². The summed E-state index contributed by atoms with van der Waals surface area (Å²) in [5.41, 5.74) is 0. The van der Waals surface area contributed by atoms with E-state index in [1.807, 2.05) is 13.8 Å². The van der Waals surface area contributed by atoms with Crippen LogP contribution in [0.1, 0.15) is 26.7 Å². The Labute approximate surface area is 65.9 Å². The highest BCUT2D eigenvalue weighted by atomic mass is 19.3. The predicted octanol–water partition coefficient (Wildman–Crippen LogP) is 1.96. The fourth-order valence-corrected chi connectivity index (χ4v) is 0.893. The lowest BCUT2D eigenvalue weighted by Gasteiger charge is -2.09. The molecule has 0 amide bonds. The molecule has 0 aromatic carbocycles. The first-order chi connectivity index (χ1) is 5.29. The van der Waals surface area contributed by atoms with Gasteiger partial charge in [-0.15, -0.1) is 0 Å². The summed E-state index contributed by atoms with van der Waals surface area (Å²) in [4.78, 5) is 0. The summed E-state index contributed by atoms with van der Waals surface area (Å²) < 4.78 is 27.0. The lowest BCUT2D eigenvalue weighted by Crippen LogP contribution is -2.26. The zero-order valence-corrected chi connectivity index (χ0v) is 6.94. The average molecular weight is 167 g/mol. The number of hydrogen-bond donors (Lipinski definition) is 1. The molecule has 1 aliphatic heterocycles. The van der Waals surface area contributed by atoms with Crippen molar-refractivity contribution in [2.75, 3.05) is 6.54 Å². The van der Waals surface area contributed by atoms with Gasteiger partial charge in [0.25, 0.3) is 0 Å². The van der Waals surface area contributed by atoms with Gasteiger partial charge in [-0.2, -0.15) is 8.78 Å². The van der Waals surface area contributed by atoms with Crippen molar-refractivity contribution in [1.82, 2.24) is 5.32 Å². The van der Waals surface area contributed by atoms with Gasteiger partial charge in [-0.05, 0) is 19.4 Å². The molecule has 11 heavy (non-hydrogen) atoms. The average Bonchev–Trinajstić information content (AvgIpc) is 2.43. The summed E-state index contributed by atoms with van der Waals surface area (Å²) in [5.74, 6) is 0. The van der Waals surface area contributed by atoms with Gasteiger partial charge in [0.05, 0.1) is 0 Å². The van der Waals surface area contributed by atoms with Gasteiger partial charge in [0.15, 0.2) is 0 Å². The van der Waals surface area contributed by atoms with Crippen LogP contribution in [0.15, 0.2) is 0 Å². The summed E-state index contributed by atoms with van der Waals surface area (Å²) in [5, 5.41) is 2.79. The van der Waals surface area contributed by atoms with Crippen LogP contribution < -0.4 is 5.32 Å². The number of rotatable bonds is 2. The van der Waals surface area contributed by atoms with Gasteiger partial charge in [-0.3, -0.25) is 5.32 Å². The highest BCUT2D eigenvalue weighted by Gasteiger charge is 2.17. The number of halogens is 2. The van der Waals surface area contributed by atoms with E-state index in [4.69, 9.17) is 0 Å². The molecule has 1 N–H and O–H groups in total. The molecule has 0 radical (unpaired) electrons. The Balaban J connectivity index is 0.000000461. The van der Waals surface area contributed by atoms with Crippen molar-refractivity contribution in [1.29, 1.82) is 0 Å². The number of alkyl halides is 2. The first-order valence-electron chi connectivity index (χ1n) is 3.96. The maximum absolute atomic E-state index is 11.4. The summed E-state index contributed by atoms with van der Waals surface area (Å²) in [6.07, 6.45) is 1.21. The molecule has 1 aliphatic rings. The largest absolute Gasteiger partial charge is 0.346 e. The van der Waals surface area contributed by atoms with Crippen LogP contribution in [0.4, 0.5) is 8.78 Å². The number of ether oxygens (including phenoxy) is 1. The molecule has 1 atom stereocenters. The molecule has 0 aromatic rings. The van der Waals surface area contributed by atoms with Crippen LogP contribution in [-0.2, 0) is 4.74 Å². The Kier molecular flexibility index (Phi) is 6.36. The fourth-order valence-electron chi connectivity index (χ4n) is 0.893. The van der Waals surface area contributed by atoms with Crippen LogP contribution >= 0.6 is 0 Å². The molecular weight excluding hydrogens is 152 g/mol. The highest BCUT2D eigenvalue weighted by Crippen LogP contribution is 2.09. The molecule has 0 aliphatic carbocycles. The van der Waals surface area contributed by atoms with Crippen LogP contribution in [-0.4, -0.2) is 19.4 Å². The first kappa shape index (κ1) is 10.8. The second-order valence-corrected chi connectivity index (χ2v) is 1.98. The van der Waals surface area contributed by atoms with Gasteiger partial charge in [0.2, 0.25) is 0 Å². The Hall–Kier alpha value is -0.220. The van der Waals surface area contributed by atoms with Gasteiger partial charge in [0, 0.05) is 0 Å². The Bertz CT molecular complexity index is 84.5. The van der Waals surface area contributed by atoms with Crippen LogP contribution in [0.5, 0.6) is 0 Å². The van der Waals surface area contributed by atoms with E-state index in [9.17, 15) is 8.78 Å². The maximum Gasteiger partial charge on any atom is 0.346 e. The molecule has 0 saturated carbocycles. The van der Waals surface area contributed by atoms with E-state index in [0.29, 0.717) is 6.42 Å². The maximum atomic E-state index is 11.4. The topological polar surface area (TPSA) is 21.3 Å². The molecule has 1 heterocycles. The SMILES string of the molecule is CC.FC(F)O[C@H]1CCCN1. The smallest absolute Gasteiger partial charge is 0.304 e. The van der Waals surface area contributed by atoms with Crippen molar-refractivity contribution in [2.45, 2.75) is 39.5 Å². The number of hydrogen-bond acceptors (Lipinski definition) is 2. The van der Waals surface area contributed by atoms with Crippen molar-refractivity contribution < 1.29 is 13.5 Å². The van der Waals surface area contributed by atoms with E-state index in [0.717, 1.165) is 13.0 Å². The first-order valence-corrected chi connectivity index (χ1v) is 3.96. The van der Waals surface area contributed by atoms with Crippen molar-refractivity contribution >= 4 is 0 Å². The van der Waals surface area contributed by atoms with E-state index in [1.54, 1.807) is 0 Å². The monoisotopic (exact) mass is 167 g/mol. The highest BCUT2D eigenvalue weighted by molar-refractivity contribution is 4.64. The minimum atomic E-state index is -2.64. The van der Waals surface area contributed by atoms with Gasteiger partial charge in [-0.1, -0.05) is 13.8 Å². The van der Waals surface area contributed by atoms with E-state index in [2.05, 4.69) is 10.1 Å². The van der Waals surface area contributed by atoms with Crippen molar-refractivity contribution in [3.63, 3.8) is 0 Å². The van der Waals surface area contributed by atoms with Crippen LogP contribution in [0.2, 0.25) is 0 Å². The lowest BCUT2D eigenvalue weighted by atomic mass is 10.4. The molecule has 2 nitrogen and oxygen atoms in total. The second kappa shape index (κ2) is 6.49. The third kappa shape index (κ3) is 5.09. The second-order valence-electron chi connectivity index (χ2n) is 1.98. The van der Waals surface area contributed by atoms with Crippen molar-refractivity contribution in [3.05, 3.63) is 0 Å². The summed E-state index contributed by atoms with van der Waals surface area (Å²) >= 11 is 0. The minimum absolute atomic E-state index is 0.412. The Morgan fingerprint density at radius 2 is 2.09 bits per heavy atom. The summed E-state index contributed by atoms with van der Waals surface area (Å²) in [6, 6.07) is 0. The van der Waals surface area contributed by atoms with E-state index < -0.39 is 12.8 Å². The lowest BCUT2D eigenvalue weighted by molar-refractivity contribution is -0.166. The third-order valence-electron chi connectivity index (χ3n) is 1.28. The number of nitrogens with one attached hydrogen (secondary N) is 1. The molecule has 68 valence electrons. The predicted molar refractivity (Wildman–Crippen MR) is 39.5 cm³/mol. The molecule has 1 rings (SSSR count). The van der Waals surface area contributed by atoms with Gasteiger partial charge in [-0.25, -0.2) is 0 Å². The molecular formula is C7H15F2NO. The zero-order valence-electron chi connectivity index (χ0n) is 6.94. The summed E-state index contributed by atoms with van der Waals surface area (Å²) in [7, 11) is 0.